The van der Waals surface area contributed by atoms with Crippen molar-refractivity contribution in [2.75, 3.05) is 13.1 Å². The summed E-state index contributed by atoms with van der Waals surface area (Å²) in [4.78, 5) is 15.1. The molecule has 0 saturated carbocycles. The highest BCUT2D eigenvalue weighted by molar-refractivity contribution is 5.95. The molecule has 3 heterocycles. The lowest BCUT2D eigenvalue weighted by Gasteiger charge is -2.32. The van der Waals surface area contributed by atoms with Crippen LogP contribution in [0.15, 0.2) is 12.1 Å². The van der Waals surface area contributed by atoms with Crippen LogP contribution in [-0.2, 0) is 0 Å². The number of rotatable bonds is 3. The Balaban J connectivity index is 1.81. The predicted octanol–water partition coefficient (Wildman–Crippen LogP) is 3.74. The molecular formula is C19H28N4O. The van der Waals surface area contributed by atoms with Gasteiger partial charge >= 0.3 is 0 Å². The van der Waals surface area contributed by atoms with Gasteiger partial charge in [-0.05, 0) is 59.6 Å². The SMILES string of the molecule is Cc1cc([C@@H]2CCCN(C(=O)c3cc(C)n(C(C)C)c3C)C2)n[nH]1. The fourth-order valence-corrected chi connectivity index (χ4v) is 4.01. The number of aryl methyl sites for hydroxylation is 2. The number of carbonyl (C=O) groups is 1. The molecule has 24 heavy (non-hydrogen) atoms. The van der Waals surface area contributed by atoms with E-state index >= 15 is 0 Å². The van der Waals surface area contributed by atoms with E-state index in [0.717, 1.165) is 54.3 Å². The van der Waals surface area contributed by atoms with E-state index in [1.807, 2.05) is 17.9 Å². The summed E-state index contributed by atoms with van der Waals surface area (Å²) in [6, 6.07) is 4.51. The fraction of sp³-hybridized carbons (Fsp3) is 0.579. The van der Waals surface area contributed by atoms with Crippen LogP contribution in [-0.4, -0.2) is 38.7 Å². The molecule has 0 aliphatic carbocycles. The standard InChI is InChI=1S/C19H28N4O/c1-12(2)23-14(4)10-17(15(23)5)19(24)22-8-6-7-16(11-22)18-9-13(3)20-21-18/h9-10,12,16H,6-8,11H2,1-5H3,(H,20,21)/t16-/m1/s1. The largest absolute Gasteiger partial charge is 0.346 e. The summed E-state index contributed by atoms with van der Waals surface area (Å²) in [5, 5.41) is 7.42. The van der Waals surface area contributed by atoms with Crippen molar-refractivity contribution in [3.05, 3.63) is 40.5 Å². The Morgan fingerprint density at radius 3 is 2.62 bits per heavy atom. The van der Waals surface area contributed by atoms with Gasteiger partial charge in [0.25, 0.3) is 5.91 Å². The van der Waals surface area contributed by atoms with Crippen LogP contribution in [0.2, 0.25) is 0 Å². The molecule has 0 aromatic carbocycles. The summed E-state index contributed by atoms with van der Waals surface area (Å²) in [6.07, 6.45) is 2.13. The lowest BCUT2D eigenvalue weighted by atomic mass is 9.94. The molecule has 3 rings (SSSR count). The van der Waals surface area contributed by atoms with Crippen LogP contribution in [0.1, 0.15) is 71.8 Å². The minimum atomic E-state index is 0.159. The lowest BCUT2D eigenvalue weighted by Crippen LogP contribution is -2.39. The molecule has 1 amide bonds. The highest BCUT2D eigenvalue weighted by Gasteiger charge is 2.28. The molecule has 1 fully saturated rings. The van der Waals surface area contributed by atoms with Gasteiger partial charge < -0.3 is 9.47 Å². The van der Waals surface area contributed by atoms with E-state index in [0.29, 0.717) is 12.0 Å². The first-order chi connectivity index (χ1) is 11.4. The Labute approximate surface area is 144 Å². The predicted molar refractivity (Wildman–Crippen MR) is 95.5 cm³/mol. The van der Waals surface area contributed by atoms with Gasteiger partial charge in [0.15, 0.2) is 0 Å². The molecule has 5 nitrogen and oxygen atoms in total. The van der Waals surface area contributed by atoms with Gasteiger partial charge in [0.05, 0.1) is 11.3 Å². The van der Waals surface area contributed by atoms with Crippen molar-refractivity contribution < 1.29 is 4.79 Å². The maximum absolute atomic E-state index is 13.1. The Morgan fingerprint density at radius 2 is 2.04 bits per heavy atom. The van der Waals surface area contributed by atoms with Crippen molar-refractivity contribution in [1.29, 1.82) is 0 Å². The number of H-pyrrole nitrogens is 1. The van der Waals surface area contributed by atoms with Gasteiger partial charge in [0.2, 0.25) is 0 Å². The van der Waals surface area contributed by atoms with Gasteiger partial charge in [-0.3, -0.25) is 9.89 Å². The maximum atomic E-state index is 13.1. The zero-order valence-electron chi connectivity index (χ0n) is 15.4. The van der Waals surface area contributed by atoms with E-state index in [1.54, 1.807) is 0 Å². The zero-order valence-corrected chi connectivity index (χ0v) is 15.4. The molecule has 2 aromatic rings. The van der Waals surface area contributed by atoms with Crippen LogP contribution in [0, 0.1) is 20.8 Å². The summed E-state index contributed by atoms with van der Waals surface area (Å²) in [5.41, 5.74) is 5.24. The Hall–Kier alpha value is -2.04. The van der Waals surface area contributed by atoms with Gasteiger partial charge in [-0.1, -0.05) is 0 Å². The topological polar surface area (TPSA) is 53.9 Å². The second-order valence-electron chi connectivity index (χ2n) is 7.31. The molecule has 0 unspecified atom stereocenters. The molecule has 1 saturated heterocycles. The molecule has 0 radical (unpaired) electrons. The van der Waals surface area contributed by atoms with Gasteiger partial charge in [0.1, 0.15) is 0 Å². The molecule has 0 bridgehead atoms. The third-order valence-electron chi connectivity index (χ3n) is 5.08. The van der Waals surface area contributed by atoms with E-state index in [4.69, 9.17) is 0 Å². The number of amides is 1. The van der Waals surface area contributed by atoms with E-state index in [9.17, 15) is 4.79 Å². The average molecular weight is 328 g/mol. The van der Waals surface area contributed by atoms with Crippen LogP contribution < -0.4 is 0 Å². The molecule has 1 atom stereocenters. The molecular weight excluding hydrogens is 300 g/mol. The minimum absolute atomic E-state index is 0.159. The van der Waals surface area contributed by atoms with Crippen molar-refractivity contribution in [1.82, 2.24) is 19.7 Å². The van der Waals surface area contributed by atoms with E-state index in [2.05, 4.69) is 48.5 Å². The fourth-order valence-electron chi connectivity index (χ4n) is 4.01. The van der Waals surface area contributed by atoms with E-state index in [1.165, 1.54) is 0 Å². The first kappa shape index (κ1) is 16.8. The molecule has 2 aromatic heterocycles. The molecule has 5 heteroatoms. The van der Waals surface area contributed by atoms with Crippen molar-refractivity contribution in [2.24, 2.45) is 0 Å². The van der Waals surface area contributed by atoms with Crippen molar-refractivity contribution >= 4 is 5.91 Å². The van der Waals surface area contributed by atoms with Crippen LogP contribution >= 0.6 is 0 Å². The van der Waals surface area contributed by atoms with Crippen molar-refractivity contribution in [3.63, 3.8) is 0 Å². The van der Waals surface area contributed by atoms with Gasteiger partial charge in [0, 0.05) is 42.1 Å². The second-order valence-corrected chi connectivity index (χ2v) is 7.31. The Morgan fingerprint density at radius 1 is 1.29 bits per heavy atom. The molecule has 0 spiro atoms. The van der Waals surface area contributed by atoms with Crippen LogP contribution in [0.25, 0.3) is 0 Å². The number of aromatic nitrogens is 3. The first-order valence-electron chi connectivity index (χ1n) is 8.88. The summed E-state index contributed by atoms with van der Waals surface area (Å²) in [6.45, 7) is 12.1. The second kappa shape index (κ2) is 6.46. The Kier molecular flexibility index (Phi) is 4.52. The number of piperidine rings is 1. The number of nitrogens with one attached hydrogen (secondary N) is 1. The average Bonchev–Trinajstić information content (AvgIpc) is 3.10. The number of hydrogen-bond acceptors (Lipinski definition) is 2. The number of hydrogen-bond donors (Lipinski definition) is 1. The zero-order chi connectivity index (χ0) is 17.4. The Bertz CT molecular complexity index is 741. The first-order valence-corrected chi connectivity index (χ1v) is 8.88. The van der Waals surface area contributed by atoms with Crippen LogP contribution in [0.3, 0.4) is 0 Å². The number of aromatic amines is 1. The lowest BCUT2D eigenvalue weighted by molar-refractivity contribution is 0.0705. The highest BCUT2D eigenvalue weighted by atomic mass is 16.2. The highest BCUT2D eigenvalue weighted by Crippen LogP contribution is 2.28. The third kappa shape index (κ3) is 2.99. The molecule has 1 aliphatic rings. The quantitative estimate of drug-likeness (QED) is 0.933. The maximum Gasteiger partial charge on any atom is 0.255 e. The number of likely N-dealkylation sites (tertiary alicyclic amines) is 1. The van der Waals surface area contributed by atoms with Gasteiger partial charge in [-0.25, -0.2) is 0 Å². The summed E-state index contributed by atoms with van der Waals surface area (Å²) in [7, 11) is 0. The normalized spacial score (nSPS) is 18.4. The summed E-state index contributed by atoms with van der Waals surface area (Å²) < 4.78 is 2.24. The van der Waals surface area contributed by atoms with Crippen molar-refractivity contribution in [2.45, 2.75) is 59.4 Å². The summed E-state index contributed by atoms with van der Waals surface area (Å²) in [5.74, 6) is 0.494. The van der Waals surface area contributed by atoms with Gasteiger partial charge in [-0.15, -0.1) is 0 Å². The molecule has 130 valence electrons. The van der Waals surface area contributed by atoms with E-state index in [-0.39, 0.29) is 5.91 Å². The summed E-state index contributed by atoms with van der Waals surface area (Å²) >= 11 is 0. The molecule has 1 aliphatic heterocycles. The molecule has 1 N–H and O–H groups in total. The monoisotopic (exact) mass is 328 g/mol. The van der Waals surface area contributed by atoms with Crippen LogP contribution in [0.5, 0.6) is 0 Å². The smallest absolute Gasteiger partial charge is 0.255 e. The minimum Gasteiger partial charge on any atom is -0.346 e. The van der Waals surface area contributed by atoms with E-state index < -0.39 is 0 Å². The van der Waals surface area contributed by atoms with Crippen molar-refractivity contribution in [3.8, 4) is 0 Å². The number of nitrogens with zero attached hydrogens (tertiary/aromatic N) is 3. The van der Waals surface area contributed by atoms with Crippen LogP contribution in [0.4, 0.5) is 0 Å². The van der Waals surface area contributed by atoms with Gasteiger partial charge in [-0.2, -0.15) is 5.10 Å². The third-order valence-corrected chi connectivity index (χ3v) is 5.08. The number of carbonyl (C=O) groups excluding carboxylic acids is 1.